The minimum absolute atomic E-state index is 0.166. The number of primary amides is 1. The Morgan fingerprint density at radius 2 is 1.80 bits per heavy atom. The van der Waals surface area contributed by atoms with E-state index in [1.807, 2.05) is 0 Å². The van der Waals surface area contributed by atoms with Gasteiger partial charge >= 0.3 is 0 Å². The predicted molar refractivity (Wildman–Crippen MR) is 42.2 cm³/mol. The van der Waals surface area contributed by atoms with Crippen molar-refractivity contribution in [2.24, 2.45) is 11.1 Å². The zero-order valence-corrected chi connectivity index (χ0v) is 7.19. The van der Waals surface area contributed by atoms with E-state index in [2.05, 4.69) is 20.8 Å². The molecule has 0 aliphatic heterocycles. The van der Waals surface area contributed by atoms with Crippen molar-refractivity contribution >= 4 is 5.91 Å². The first-order valence-corrected chi connectivity index (χ1v) is 3.45. The van der Waals surface area contributed by atoms with Gasteiger partial charge in [0.1, 0.15) is 0 Å². The molecule has 2 N–H and O–H groups in total. The van der Waals surface area contributed by atoms with Crippen molar-refractivity contribution in [2.75, 3.05) is 0 Å². The van der Waals surface area contributed by atoms with Crippen molar-refractivity contribution < 1.29 is 4.79 Å². The van der Waals surface area contributed by atoms with Crippen LogP contribution in [-0.2, 0) is 4.79 Å². The van der Waals surface area contributed by atoms with Crippen molar-refractivity contribution in [3.8, 4) is 0 Å². The number of rotatable bonds is 2. The molecule has 0 unspecified atom stereocenters. The molecule has 0 aromatic rings. The van der Waals surface area contributed by atoms with Crippen LogP contribution in [0.1, 0.15) is 34.1 Å². The lowest BCUT2D eigenvalue weighted by atomic mass is 9.85. The van der Waals surface area contributed by atoms with Crippen LogP contribution in [0.15, 0.2) is 0 Å². The van der Waals surface area contributed by atoms with Gasteiger partial charge in [0.2, 0.25) is 5.91 Å². The smallest absolute Gasteiger partial charge is 0.224 e. The lowest BCUT2D eigenvalue weighted by Crippen LogP contribution is -2.23. The normalized spacial score (nSPS) is 12.1. The SMILES string of the molecule is C[C](CC(C)(C)C)C(N)=O. The molecule has 10 heavy (non-hydrogen) atoms. The summed E-state index contributed by atoms with van der Waals surface area (Å²) in [5, 5.41) is 0. The Labute approximate surface area is 62.8 Å². The zero-order chi connectivity index (χ0) is 8.36. The van der Waals surface area contributed by atoms with Gasteiger partial charge < -0.3 is 5.73 Å². The molecule has 0 bridgehead atoms. The van der Waals surface area contributed by atoms with E-state index in [0.717, 1.165) is 12.3 Å². The molecule has 0 spiro atoms. The Kier molecular flexibility index (Phi) is 2.88. The molecule has 0 aromatic carbocycles. The second-order valence-electron chi connectivity index (χ2n) is 3.88. The molecule has 0 saturated heterocycles. The molecule has 0 aliphatic rings. The monoisotopic (exact) mass is 142 g/mol. The third-order valence-corrected chi connectivity index (χ3v) is 1.22. The largest absolute Gasteiger partial charge is 0.369 e. The molecule has 0 heterocycles. The van der Waals surface area contributed by atoms with Crippen LogP contribution in [0.5, 0.6) is 0 Å². The minimum Gasteiger partial charge on any atom is -0.369 e. The van der Waals surface area contributed by atoms with Crippen LogP contribution in [0.2, 0.25) is 0 Å². The van der Waals surface area contributed by atoms with Crippen LogP contribution in [0.4, 0.5) is 0 Å². The van der Waals surface area contributed by atoms with Crippen LogP contribution >= 0.6 is 0 Å². The highest BCUT2D eigenvalue weighted by Gasteiger charge is 2.18. The molecule has 2 heteroatoms. The molecular formula is C8H16NO. The van der Waals surface area contributed by atoms with E-state index in [-0.39, 0.29) is 11.3 Å². The average Bonchev–Trinajstić information content (AvgIpc) is 1.60. The van der Waals surface area contributed by atoms with Crippen molar-refractivity contribution in [1.82, 2.24) is 0 Å². The average molecular weight is 142 g/mol. The van der Waals surface area contributed by atoms with E-state index < -0.39 is 0 Å². The van der Waals surface area contributed by atoms with Gasteiger partial charge in [-0.3, -0.25) is 4.79 Å². The Morgan fingerprint density at radius 3 is 1.90 bits per heavy atom. The predicted octanol–water partition coefficient (Wildman–Crippen LogP) is 1.50. The number of hydrogen-bond donors (Lipinski definition) is 1. The first kappa shape index (κ1) is 9.47. The third-order valence-electron chi connectivity index (χ3n) is 1.22. The van der Waals surface area contributed by atoms with E-state index in [1.54, 1.807) is 6.92 Å². The molecule has 1 radical (unpaired) electrons. The quantitative estimate of drug-likeness (QED) is 0.623. The zero-order valence-electron chi connectivity index (χ0n) is 7.19. The van der Waals surface area contributed by atoms with Crippen LogP contribution in [-0.4, -0.2) is 5.91 Å². The van der Waals surface area contributed by atoms with E-state index in [1.165, 1.54) is 0 Å². The van der Waals surface area contributed by atoms with Crippen LogP contribution < -0.4 is 5.73 Å². The Hall–Kier alpha value is -0.530. The molecule has 1 amide bonds. The number of nitrogens with two attached hydrogens (primary N) is 1. The number of amides is 1. The van der Waals surface area contributed by atoms with E-state index >= 15 is 0 Å². The van der Waals surface area contributed by atoms with Gasteiger partial charge in [-0.2, -0.15) is 0 Å². The lowest BCUT2D eigenvalue weighted by molar-refractivity contribution is -0.116. The molecule has 2 nitrogen and oxygen atoms in total. The fourth-order valence-corrected chi connectivity index (χ4v) is 0.883. The molecule has 0 atom stereocenters. The highest BCUT2D eigenvalue weighted by Crippen LogP contribution is 2.24. The van der Waals surface area contributed by atoms with Crippen LogP contribution in [0, 0.1) is 11.3 Å². The standard InChI is InChI=1S/C8H16NO/c1-6(7(9)10)5-8(2,3)4/h5H2,1-4H3,(H2,9,10). The maximum absolute atomic E-state index is 10.6. The highest BCUT2D eigenvalue weighted by atomic mass is 16.1. The summed E-state index contributed by atoms with van der Waals surface area (Å²) in [4.78, 5) is 10.6. The fourth-order valence-electron chi connectivity index (χ4n) is 0.883. The summed E-state index contributed by atoms with van der Waals surface area (Å²) in [5.41, 5.74) is 5.23. The van der Waals surface area contributed by atoms with Crippen molar-refractivity contribution in [1.29, 1.82) is 0 Å². The van der Waals surface area contributed by atoms with Gasteiger partial charge in [0.25, 0.3) is 0 Å². The summed E-state index contributed by atoms with van der Waals surface area (Å²) in [5.74, 6) is 0.474. The molecular weight excluding hydrogens is 126 g/mol. The lowest BCUT2D eigenvalue weighted by Gasteiger charge is -2.20. The Balaban J connectivity index is 3.80. The van der Waals surface area contributed by atoms with Crippen LogP contribution in [0.25, 0.3) is 0 Å². The van der Waals surface area contributed by atoms with E-state index in [0.29, 0.717) is 0 Å². The van der Waals surface area contributed by atoms with Crippen molar-refractivity contribution in [2.45, 2.75) is 34.1 Å². The molecule has 0 fully saturated rings. The Bertz CT molecular complexity index is 124. The molecule has 0 rings (SSSR count). The van der Waals surface area contributed by atoms with Gasteiger partial charge in [0.05, 0.1) is 5.92 Å². The Morgan fingerprint density at radius 1 is 1.40 bits per heavy atom. The first-order chi connectivity index (χ1) is 4.33. The fraction of sp³-hybridized carbons (Fsp3) is 0.750. The van der Waals surface area contributed by atoms with Gasteiger partial charge in [-0.15, -0.1) is 0 Å². The highest BCUT2D eigenvalue weighted by molar-refractivity contribution is 5.87. The van der Waals surface area contributed by atoms with Crippen molar-refractivity contribution in [3.63, 3.8) is 0 Å². The second-order valence-corrected chi connectivity index (χ2v) is 3.88. The van der Waals surface area contributed by atoms with Gasteiger partial charge in [0, 0.05) is 0 Å². The van der Waals surface area contributed by atoms with Gasteiger partial charge in [-0.25, -0.2) is 0 Å². The van der Waals surface area contributed by atoms with E-state index in [9.17, 15) is 4.79 Å². The summed E-state index contributed by atoms with van der Waals surface area (Å²) in [6.07, 6.45) is 0.780. The van der Waals surface area contributed by atoms with Crippen molar-refractivity contribution in [3.05, 3.63) is 5.92 Å². The maximum Gasteiger partial charge on any atom is 0.224 e. The van der Waals surface area contributed by atoms with Gasteiger partial charge in [-0.05, 0) is 18.8 Å². The minimum atomic E-state index is -0.282. The van der Waals surface area contributed by atoms with E-state index in [4.69, 9.17) is 5.73 Å². The summed E-state index contributed by atoms with van der Waals surface area (Å²) in [6.45, 7) is 8.03. The van der Waals surface area contributed by atoms with Crippen LogP contribution in [0.3, 0.4) is 0 Å². The van der Waals surface area contributed by atoms with Gasteiger partial charge in [-0.1, -0.05) is 20.8 Å². The maximum atomic E-state index is 10.6. The first-order valence-electron chi connectivity index (χ1n) is 3.45. The summed E-state index contributed by atoms with van der Waals surface area (Å²) < 4.78 is 0. The number of carbonyl (C=O) groups excluding carboxylic acids is 1. The number of carbonyl (C=O) groups is 1. The number of hydrogen-bond acceptors (Lipinski definition) is 1. The van der Waals surface area contributed by atoms with Gasteiger partial charge in [0.15, 0.2) is 0 Å². The second kappa shape index (κ2) is 3.04. The summed E-state index contributed by atoms with van der Waals surface area (Å²) >= 11 is 0. The molecule has 0 aliphatic carbocycles. The summed E-state index contributed by atoms with van der Waals surface area (Å²) in [7, 11) is 0. The topological polar surface area (TPSA) is 43.1 Å². The third kappa shape index (κ3) is 4.36. The molecule has 59 valence electrons. The molecule has 0 saturated carbocycles. The molecule has 0 aromatic heterocycles. The summed E-state index contributed by atoms with van der Waals surface area (Å²) in [6, 6.07) is 0.